The lowest BCUT2D eigenvalue weighted by atomic mass is 10.0. The first kappa shape index (κ1) is 27.8. The Morgan fingerprint density at radius 2 is 2.05 bits per heavy atom. The standard InChI is InChI=1S/C22H24ClN7O6S2/c23-17-13(27-22(25)38-17)14(28-36-9-8-35-7-4-24)18(31)26-15-19(32)30-16(21(33)34)12(11-37-20(15)30)10-29-5-2-1-3-6-29/h1-3,5-6,15,20H,4,7-11,24H2,(H3-,25,26,27,31,33,34)/p+1/t15-,20+/m1/s1. The number of rotatable bonds is 12. The minimum Gasteiger partial charge on any atom is -0.477 e. The predicted octanol–water partition coefficient (Wildman–Crippen LogP) is -0.199. The van der Waals surface area contributed by atoms with Gasteiger partial charge in [-0.25, -0.2) is 14.3 Å². The van der Waals surface area contributed by atoms with Gasteiger partial charge >= 0.3 is 5.97 Å². The molecule has 202 valence electrons. The number of fused-ring (bicyclic) bond motifs is 1. The smallest absolute Gasteiger partial charge is 0.352 e. The fourth-order valence-corrected chi connectivity index (χ4v) is 6.09. The number of anilines is 1. The molecule has 6 N–H and O–H groups in total. The van der Waals surface area contributed by atoms with Gasteiger partial charge in [0.25, 0.3) is 11.8 Å². The van der Waals surface area contributed by atoms with E-state index in [-0.39, 0.29) is 39.8 Å². The molecule has 0 spiro atoms. The van der Waals surface area contributed by atoms with E-state index in [4.69, 9.17) is 32.6 Å². The number of nitrogen functional groups attached to an aromatic ring is 1. The first-order chi connectivity index (χ1) is 18.3. The highest BCUT2D eigenvalue weighted by atomic mass is 35.5. The maximum absolute atomic E-state index is 13.2. The number of nitrogens with zero attached hydrogens (tertiary/aromatic N) is 4. The zero-order valence-corrected chi connectivity index (χ0v) is 22.3. The van der Waals surface area contributed by atoms with Crippen LogP contribution < -0.4 is 21.4 Å². The topological polar surface area (TPSA) is 186 Å². The molecule has 2 aliphatic rings. The molecule has 4 heterocycles. The normalized spacial score (nSPS) is 19.2. The summed E-state index contributed by atoms with van der Waals surface area (Å²) in [6.07, 6.45) is 3.63. The number of hydrogen-bond acceptors (Lipinski definition) is 11. The molecule has 2 amide bonds. The maximum Gasteiger partial charge on any atom is 0.352 e. The summed E-state index contributed by atoms with van der Waals surface area (Å²) in [7, 11) is 0. The van der Waals surface area contributed by atoms with Crippen LogP contribution in [0.25, 0.3) is 0 Å². The summed E-state index contributed by atoms with van der Waals surface area (Å²) in [6.45, 7) is 1.22. The maximum atomic E-state index is 13.2. The number of nitrogens with two attached hydrogens (primary N) is 2. The van der Waals surface area contributed by atoms with Crippen molar-refractivity contribution in [1.82, 2.24) is 15.2 Å². The number of thioether (sulfide) groups is 1. The highest BCUT2D eigenvalue weighted by molar-refractivity contribution is 8.00. The van der Waals surface area contributed by atoms with Crippen molar-refractivity contribution >= 4 is 63.3 Å². The molecule has 38 heavy (non-hydrogen) atoms. The average Bonchev–Trinajstić information content (AvgIpc) is 3.24. The van der Waals surface area contributed by atoms with Gasteiger partial charge in [0.05, 0.1) is 13.2 Å². The Labute approximate surface area is 230 Å². The number of hydrogen-bond donors (Lipinski definition) is 4. The monoisotopic (exact) mass is 582 g/mol. The number of β-lactam (4-membered cyclic amide) rings is 1. The van der Waals surface area contributed by atoms with Crippen molar-refractivity contribution in [1.29, 1.82) is 0 Å². The van der Waals surface area contributed by atoms with Crippen molar-refractivity contribution in [2.75, 3.05) is 37.9 Å². The molecule has 16 heteroatoms. The molecule has 0 bridgehead atoms. The van der Waals surface area contributed by atoms with E-state index in [2.05, 4.69) is 15.5 Å². The first-order valence-corrected chi connectivity index (χ1v) is 13.6. The quantitative estimate of drug-likeness (QED) is 0.0858. The molecular formula is C22H25ClN7O6S2+. The second kappa shape index (κ2) is 12.5. The van der Waals surface area contributed by atoms with Gasteiger partial charge in [-0.3, -0.25) is 14.5 Å². The molecule has 0 unspecified atom stereocenters. The largest absolute Gasteiger partial charge is 0.477 e. The minimum atomic E-state index is -1.21. The molecule has 4 rings (SSSR count). The predicted molar refractivity (Wildman–Crippen MR) is 140 cm³/mol. The number of nitrogens with one attached hydrogen (secondary N) is 1. The van der Waals surface area contributed by atoms with Crippen LogP contribution in [0.1, 0.15) is 5.69 Å². The van der Waals surface area contributed by atoms with Gasteiger partial charge in [0.1, 0.15) is 33.7 Å². The van der Waals surface area contributed by atoms with Gasteiger partial charge in [-0.05, 0) is 0 Å². The van der Waals surface area contributed by atoms with Crippen molar-refractivity contribution in [2.24, 2.45) is 10.9 Å². The lowest BCUT2D eigenvalue weighted by molar-refractivity contribution is -0.689. The van der Waals surface area contributed by atoms with E-state index in [1.807, 2.05) is 35.2 Å². The minimum absolute atomic E-state index is 0.00256. The van der Waals surface area contributed by atoms with Gasteiger partial charge in [0, 0.05) is 30.0 Å². The summed E-state index contributed by atoms with van der Waals surface area (Å²) in [5.74, 6) is -2.17. The van der Waals surface area contributed by atoms with E-state index in [1.165, 1.54) is 16.7 Å². The van der Waals surface area contributed by atoms with E-state index >= 15 is 0 Å². The van der Waals surface area contributed by atoms with Crippen LogP contribution in [0.5, 0.6) is 0 Å². The van der Waals surface area contributed by atoms with Gasteiger partial charge in [-0.15, -0.1) is 11.8 Å². The Balaban J connectivity index is 1.49. The van der Waals surface area contributed by atoms with Crippen molar-refractivity contribution in [3.05, 3.63) is 51.9 Å². The molecular weight excluding hydrogens is 558 g/mol. The lowest BCUT2D eigenvalue weighted by Gasteiger charge is -2.49. The molecule has 0 aliphatic carbocycles. The number of ether oxygens (including phenoxy) is 1. The zero-order valence-electron chi connectivity index (χ0n) is 19.9. The summed E-state index contributed by atoms with van der Waals surface area (Å²) in [6, 6.07) is 4.53. The number of thiazole rings is 1. The molecule has 2 atom stereocenters. The van der Waals surface area contributed by atoms with Crippen LogP contribution in [0.3, 0.4) is 0 Å². The Kier molecular flexibility index (Phi) is 9.17. The van der Waals surface area contributed by atoms with Crippen LogP contribution >= 0.6 is 34.7 Å². The van der Waals surface area contributed by atoms with E-state index in [1.54, 1.807) is 0 Å². The summed E-state index contributed by atoms with van der Waals surface area (Å²) in [5, 5.41) is 15.9. The van der Waals surface area contributed by atoms with Crippen LogP contribution in [-0.2, 0) is 30.5 Å². The van der Waals surface area contributed by atoms with Crippen molar-refractivity contribution < 1.29 is 33.6 Å². The van der Waals surface area contributed by atoms with E-state index in [0.717, 1.165) is 11.3 Å². The van der Waals surface area contributed by atoms with Crippen molar-refractivity contribution in [2.45, 2.75) is 18.0 Å². The molecule has 0 saturated carbocycles. The third-order valence-corrected chi connectivity index (χ3v) is 7.89. The number of halogens is 1. The summed E-state index contributed by atoms with van der Waals surface area (Å²) in [5.41, 5.74) is 11.3. The van der Waals surface area contributed by atoms with Crippen LogP contribution in [0.15, 0.2) is 47.0 Å². The van der Waals surface area contributed by atoms with E-state index in [0.29, 0.717) is 31.0 Å². The number of carbonyl (C=O) groups is 3. The fourth-order valence-electron chi connectivity index (χ4n) is 3.82. The average molecular weight is 583 g/mol. The third kappa shape index (κ3) is 6.07. The highest BCUT2D eigenvalue weighted by Crippen LogP contribution is 2.40. The zero-order chi connectivity index (χ0) is 27.2. The Morgan fingerprint density at radius 1 is 1.29 bits per heavy atom. The third-order valence-electron chi connectivity index (χ3n) is 5.47. The number of carboxylic acids is 1. The molecule has 1 saturated heterocycles. The molecule has 2 aliphatic heterocycles. The second-order valence-electron chi connectivity index (χ2n) is 8.01. The highest BCUT2D eigenvalue weighted by Gasteiger charge is 2.54. The van der Waals surface area contributed by atoms with Crippen molar-refractivity contribution in [3.8, 4) is 0 Å². The SMILES string of the molecule is NCCOCCON=C(C(=O)N[C@@H]1C(=O)N2C(C(=O)O)=C(C[n+]3ccccc3)CS[C@@H]12)c1nc(N)sc1Cl. The number of carboxylic acid groups (broad SMARTS) is 1. The molecule has 2 aromatic heterocycles. The number of oxime groups is 1. The van der Waals surface area contributed by atoms with Crippen LogP contribution in [-0.4, -0.2) is 82.0 Å². The van der Waals surface area contributed by atoms with E-state index in [9.17, 15) is 19.5 Å². The molecule has 1 fully saturated rings. The summed E-state index contributed by atoms with van der Waals surface area (Å²) < 4.78 is 7.16. The van der Waals surface area contributed by atoms with Crippen LogP contribution in [0.4, 0.5) is 5.13 Å². The van der Waals surface area contributed by atoms with Crippen molar-refractivity contribution in [3.63, 3.8) is 0 Å². The number of aromatic nitrogens is 2. The van der Waals surface area contributed by atoms with Gasteiger partial charge in [-0.2, -0.15) is 0 Å². The second-order valence-corrected chi connectivity index (χ2v) is 10.8. The van der Waals surface area contributed by atoms with Crippen LogP contribution in [0, 0.1) is 0 Å². The number of pyridine rings is 1. The Morgan fingerprint density at radius 3 is 2.71 bits per heavy atom. The fraction of sp³-hybridized carbons (Fsp3) is 0.364. The Bertz CT molecular complexity index is 1270. The summed E-state index contributed by atoms with van der Waals surface area (Å²) in [4.78, 5) is 48.9. The van der Waals surface area contributed by atoms with Gasteiger partial charge in [-0.1, -0.05) is 34.2 Å². The molecule has 0 aromatic carbocycles. The molecule has 13 nitrogen and oxygen atoms in total. The van der Waals surface area contributed by atoms with Gasteiger partial charge in [0.15, 0.2) is 29.8 Å². The van der Waals surface area contributed by atoms with E-state index < -0.39 is 29.2 Å². The molecule has 2 aromatic rings. The first-order valence-electron chi connectivity index (χ1n) is 11.4. The number of carbonyl (C=O) groups excluding carboxylic acids is 2. The Hall–Kier alpha value is -3.24. The van der Waals surface area contributed by atoms with Gasteiger partial charge < -0.3 is 31.5 Å². The van der Waals surface area contributed by atoms with Gasteiger partial charge in [0.2, 0.25) is 0 Å². The summed E-state index contributed by atoms with van der Waals surface area (Å²) >= 11 is 8.50. The lowest BCUT2D eigenvalue weighted by Crippen LogP contribution is -2.71. The van der Waals surface area contributed by atoms with Crippen LogP contribution in [0.2, 0.25) is 4.34 Å². The number of aliphatic carboxylic acids is 1. The number of amides is 2. The molecule has 0 radical (unpaired) electrons.